The predicted octanol–water partition coefficient (Wildman–Crippen LogP) is -1.15. The van der Waals surface area contributed by atoms with Crippen LogP contribution in [0, 0.1) is 0 Å². The van der Waals surface area contributed by atoms with Gasteiger partial charge in [0.15, 0.2) is 0 Å². The molecule has 0 aliphatic carbocycles. The van der Waals surface area contributed by atoms with E-state index in [9.17, 15) is 0 Å². The lowest BCUT2D eigenvalue weighted by molar-refractivity contribution is -0.00000167. The number of halogens is 1. The maximum absolute atomic E-state index is 3.35. The van der Waals surface area contributed by atoms with Crippen LogP contribution in [0.1, 0.15) is 5.56 Å². The van der Waals surface area contributed by atoms with E-state index >= 15 is 0 Å². The lowest BCUT2D eigenvalue weighted by Crippen LogP contribution is -3.00. The van der Waals surface area contributed by atoms with Crippen molar-refractivity contribution in [2.45, 2.75) is 5.75 Å². The van der Waals surface area contributed by atoms with E-state index < -0.39 is 0 Å². The average Bonchev–Trinajstić information content (AvgIpc) is 1.91. The number of benzene rings is 1. The Hall–Kier alpha value is -0.150. The molecule has 1 aromatic carbocycles. The summed E-state index contributed by atoms with van der Waals surface area (Å²) in [5.74, 6) is 1.04. The minimum Gasteiger partial charge on any atom is -1.00 e. The Morgan fingerprint density at radius 3 is 2.30 bits per heavy atom. The van der Waals surface area contributed by atoms with Gasteiger partial charge < -0.3 is 4.70 Å². The molecule has 0 bridgehead atoms. The van der Waals surface area contributed by atoms with E-state index in [1.54, 1.807) is 10.8 Å². The number of rotatable bonds is 2. The highest BCUT2D eigenvalue weighted by atomic mass is 33.1. The maximum atomic E-state index is 3.35. The summed E-state index contributed by atoms with van der Waals surface area (Å²) in [6.45, 7) is 0. The molecule has 3 heteroatoms. The third kappa shape index (κ3) is 3.13. The zero-order valence-corrected chi connectivity index (χ0v) is 7.20. The highest BCUT2D eigenvalue weighted by molar-refractivity contribution is 8.58. The van der Waals surface area contributed by atoms with Crippen LogP contribution in [-0.4, -0.2) is 0 Å². The van der Waals surface area contributed by atoms with E-state index in [0.717, 1.165) is 5.75 Å². The first-order chi connectivity index (χ1) is 4.43. The van der Waals surface area contributed by atoms with Gasteiger partial charge in [0.25, 0.3) is 0 Å². The molecule has 0 nitrogen and oxygen atoms in total. The molecule has 0 heterocycles. The van der Waals surface area contributed by atoms with Gasteiger partial charge in [-0.15, -0.1) is 0 Å². The maximum Gasteiger partial charge on any atom is 0.0911 e. The highest BCUT2D eigenvalue weighted by Gasteiger charge is 1.89. The second-order valence-corrected chi connectivity index (χ2v) is 3.22. The van der Waals surface area contributed by atoms with Gasteiger partial charge in [-0.2, -0.15) is 0 Å². The van der Waals surface area contributed by atoms with Crippen LogP contribution in [0.25, 0.3) is 0 Å². The van der Waals surface area contributed by atoms with Crippen molar-refractivity contribution in [3.63, 3.8) is 0 Å². The summed E-state index contributed by atoms with van der Waals surface area (Å²) >= 11 is 3.35. The van der Waals surface area contributed by atoms with Crippen molar-refractivity contribution in [2.24, 2.45) is 0 Å². The molecular weight excluding hydrogens is 167 g/mol. The van der Waals surface area contributed by atoms with Crippen LogP contribution in [0.3, 0.4) is 0 Å². The van der Waals surface area contributed by atoms with Gasteiger partial charge in [0.1, 0.15) is 0 Å². The Morgan fingerprint density at radius 2 is 1.80 bits per heavy atom. The fourth-order valence-corrected chi connectivity index (χ4v) is 1.52. The molecule has 0 saturated carbocycles. The molecule has 0 saturated heterocycles. The molecule has 56 valence electrons. The second-order valence-electron chi connectivity index (χ2n) is 1.77. The van der Waals surface area contributed by atoms with E-state index in [-0.39, 0.29) is 4.70 Å². The molecule has 0 radical (unpaired) electrons. The first kappa shape index (κ1) is 9.85. The van der Waals surface area contributed by atoms with Crippen LogP contribution >= 0.6 is 10.8 Å². The Morgan fingerprint density at radius 1 is 1.20 bits per heavy atom. The van der Waals surface area contributed by atoms with Crippen molar-refractivity contribution in [1.82, 2.24) is 0 Å². The fraction of sp³-hybridized carbons (Fsp3) is 0.143. The minimum absolute atomic E-state index is 0. The Balaban J connectivity index is 0.000000810. The Kier molecular flexibility index (Phi) is 5.54. The first-order valence-electron chi connectivity index (χ1n) is 2.76. The Bertz CT molecular complexity index is 165. The smallest absolute Gasteiger partial charge is 0.0911 e. The molecule has 0 atom stereocenters. The third-order valence-electron chi connectivity index (χ3n) is 1.08. The van der Waals surface area contributed by atoms with Crippen LogP contribution in [0.4, 0.5) is 0 Å². The van der Waals surface area contributed by atoms with Crippen molar-refractivity contribution in [3.8, 4) is 0 Å². The van der Waals surface area contributed by atoms with Crippen molar-refractivity contribution < 1.29 is 4.70 Å². The lowest BCUT2D eigenvalue weighted by Gasteiger charge is -1.89. The molecule has 0 unspecified atom stereocenters. The van der Waals surface area contributed by atoms with E-state index in [2.05, 4.69) is 35.9 Å². The largest absolute Gasteiger partial charge is 1.00 e. The van der Waals surface area contributed by atoms with Crippen LogP contribution in [0.2, 0.25) is 0 Å². The quantitative estimate of drug-likeness (QED) is 0.405. The summed E-state index contributed by atoms with van der Waals surface area (Å²) < 4.78 is 0. The second kappa shape index (κ2) is 5.62. The first-order valence-corrected chi connectivity index (χ1v) is 4.97. The van der Waals surface area contributed by atoms with Gasteiger partial charge in [-0.1, -0.05) is 30.3 Å². The monoisotopic (exact) mass is 176 g/mol. The van der Waals surface area contributed by atoms with Crippen LogP contribution < -0.4 is 4.70 Å². The summed E-state index contributed by atoms with van der Waals surface area (Å²) in [6.07, 6.45) is 0. The van der Waals surface area contributed by atoms with E-state index in [4.69, 9.17) is 0 Å². The lowest BCUT2D eigenvalue weighted by atomic mass is 10.2. The molecule has 0 aromatic heterocycles. The van der Waals surface area contributed by atoms with Crippen molar-refractivity contribution in [1.29, 1.82) is 0 Å². The van der Waals surface area contributed by atoms with Crippen LogP contribution in [-0.2, 0) is 17.4 Å². The van der Waals surface area contributed by atoms with Crippen LogP contribution in [0.5, 0.6) is 0 Å². The van der Waals surface area contributed by atoms with Crippen LogP contribution in [0.15, 0.2) is 30.3 Å². The van der Waals surface area contributed by atoms with E-state index in [0.29, 0.717) is 0 Å². The van der Waals surface area contributed by atoms with Crippen molar-refractivity contribution >= 4 is 22.5 Å². The average molecular weight is 176 g/mol. The molecule has 0 fully saturated rings. The van der Waals surface area contributed by atoms with Gasteiger partial charge in [-0.25, -0.2) is 0 Å². The molecule has 0 N–H and O–H groups in total. The topological polar surface area (TPSA) is 0 Å². The number of hydrogen-bond donors (Lipinski definition) is 0. The van der Waals surface area contributed by atoms with Gasteiger partial charge in [-0.3, -0.25) is 0 Å². The molecule has 0 spiro atoms. The summed E-state index contributed by atoms with van der Waals surface area (Å²) in [6, 6.07) is 10.4. The van der Waals surface area contributed by atoms with Gasteiger partial charge in [0.05, 0.1) is 16.5 Å². The standard InChI is InChI=1S/C7H8S2.FH/c8-9-6-7-4-2-1-3-5-7;/h1-5,8H,6H2;1H. The fourth-order valence-electron chi connectivity index (χ4n) is 0.658. The predicted molar refractivity (Wildman–Crippen MR) is 47.9 cm³/mol. The summed E-state index contributed by atoms with van der Waals surface area (Å²) in [7, 11) is 1.66. The normalized spacial score (nSPS) is 8.50. The van der Waals surface area contributed by atoms with Gasteiger partial charge in [0.2, 0.25) is 0 Å². The van der Waals surface area contributed by atoms with E-state index in [1.807, 2.05) is 6.07 Å². The molecular formula is C7H9FS2. The molecule has 10 heavy (non-hydrogen) atoms. The van der Waals surface area contributed by atoms with Gasteiger partial charge >= 0.3 is 0 Å². The summed E-state index contributed by atoms with van der Waals surface area (Å²) in [5.41, 5.74) is 1.36. The minimum atomic E-state index is 0. The Labute approximate surface area is 69.2 Å². The molecule has 0 aliphatic rings. The van der Waals surface area contributed by atoms with Gasteiger partial charge in [-0.05, 0) is 5.56 Å². The SMILES string of the molecule is [F-].[SH2+]SCc1ccccc1. The number of hydrogen-bond acceptors (Lipinski definition) is 1. The van der Waals surface area contributed by atoms with Gasteiger partial charge in [0, 0.05) is 11.7 Å². The molecule has 1 aromatic rings. The summed E-state index contributed by atoms with van der Waals surface area (Å²) in [4.78, 5) is 0. The molecule has 1 rings (SSSR count). The third-order valence-corrected chi connectivity index (χ3v) is 1.99. The van der Waals surface area contributed by atoms with Crippen molar-refractivity contribution in [2.75, 3.05) is 0 Å². The molecule has 0 amide bonds. The zero-order valence-electron chi connectivity index (χ0n) is 5.38. The van der Waals surface area contributed by atoms with Crippen molar-refractivity contribution in [3.05, 3.63) is 35.9 Å². The summed E-state index contributed by atoms with van der Waals surface area (Å²) in [5, 5.41) is 0. The van der Waals surface area contributed by atoms with E-state index in [1.165, 1.54) is 5.56 Å². The zero-order chi connectivity index (χ0) is 6.53. The molecule has 0 aliphatic heterocycles. The highest BCUT2D eigenvalue weighted by Crippen LogP contribution is 2.07.